The third-order valence-corrected chi connectivity index (χ3v) is 3.53. The first-order valence-corrected chi connectivity index (χ1v) is 6.43. The molecule has 1 aliphatic rings. The van der Waals surface area contributed by atoms with Crippen LogP contribution < -0.4 is 10.6 Å². The van der Waals surface area contributed by atoms with Gasteiger partial charge in [0.15, 0.2) is 0 Å². The Morgan fingerprint density at radius 2 is 2.17 bits per heavy atom. The van der Waals surface area contributed by atoms with Crippen LogP contribution in [-0.2, 0) is 4.79 Å². The number of carbonyl (C=O) groups excluding carboxylic acids is 1. The Morgan fingerprint density at radius 3 is 2.78 bits per heavy atom. The predicted octanol–water partition coefficient (Wildman–Crippen LogP) is 0.991. The van der Waals surface area contributed by atoms with Crippen LogP contribution in [0.1, 0.15) is 12.5 Å². The van der Waals surface area contributed by atoms with Gasteiger partial charge in [-0.15, -0.1) is 0 Å². The van der Waals surface area contributed by atoms with Crippen LogP contribution in [0.15, 0.2) is 24.3 Å². The molecule has 4 heteroatoms. The molecule has 2 N–H and O–H groups in total. The number of nitrogens with zero attached hydrogens (tertiary/aromatic N) is 2. The molecule has 0 saturated carbocycles. The van der Waals surface area contributed by atoms with Gasteiger partial charge in [0, 0.05) is 31.4 Å². The molecule has 1 atom stereocenters. The van der Waals surface area contributed by atoms with E-state index in [0.717, 1.165) is 18.8 Å². The molecular formula is C14H21N3O. The second-order valence-corrected chi connectivity index (χ2v) is 4.94. The van der Waals surface area contributed by atoms with Crippen LogP contribution in [0.5, 0.6) is 0 Å². The topological polar surface area (TPSA) is 49.6 Å². The fraction of sp³-hybridized carbons (Fsp3) is 0.500. The van der Waals surface area contributed by atoms with Gasteiger partial charge in [0.1, 0.15) is 0 Å². The lowest BCUT2D eigenvalue weighted by Gasteiger charge is -2.37. The first-order valence-electron chi connectivity index (χ1n) is 6.43. The third kappa shape index (κ3) is 2.71. The number of piperazine rings is 1. The number of amides is 1. The molecule has 1 amide bonds. The largest absolute Gasteiger partial charge is 0.329 e. The van der Waals surface area contributed by atoms with E-state index in [0.29, 0.717) is 13.1 Å². The zero-order chi connectivity index (χ0) is 13.1. The summed E-state index contributed by atoms with van der Waals surface area (Å²) in [5, 5.41) is 0. The Hall–Kier alpha value is -1.39. The minimum atomic E-state index is 0.159. The van der Waals surface area contributed by atoms with Crippen molar-refractivity contribution in [3.8, 4) is 0 Å². The van der Waals surface area contributed by atoms with Crippen molar-refractivity contribution in [2.45, 2.75) is 19.9 Å². The highest BCUT2D eigenvalue weighted by molar-refractivity contribution is 5.95. The number of carbonyl (C=O) groups is 1. The van der Waals surface area contributed by atoms with E-state index in [1.807, 2.05) is 30.0 Å². The lowest BCUT2D eigenvalue weighted by atomic mass is 10.1. The molecule has 1 fully saturated rings. The van der Waals surface area contributed by atoms with Crippen LogP contribution in [0.3, 0.4) is 0 Å². The number of benzene rings is 1. The summed E-state index contributed by atoms with van der Waals surface area (Å²) >= 11 is 0. The normalized spacial score (nSPS) is 19.1. The van der Waals surface area contributed by atoms with Gasteiger partial charge in [0.25, 0.3) is 0 Å². The molecule has 98 valence electrons. The summed E-state index contributed by atoms with van der Waals surface area (Å²) in [5.41, 5.74) is 7.83. The van der Waals surface area contributed by atoms with Gasteiger partial charge in [-0.2, -0.15) is 0 Å². The number of aryl methyl sites for hydroxylation is 1. The summed E-state index contributed by atoms with van der Waals surface area (Å²) in [5.74, 6) is 0.159. The van der Waals surface area contributed by atoms with Crippen molar-refractivity contribution in [2.75, 3.05) is 31.1 Å². The first kappa shape index (κ1) is 13.1. The maximum absolute atomic E-state index is 12.2. The Balaban J connectivity index is 2.08. The molecule has 18 heavy (non-hydrogen) atoms. The van der Waals surface area contributed by atoms with Gasteiger partial charge in [-0.3, -0.25) is 9.69 Å². The van der Waals surface area contributed by atoms with Crippen LogP contribution in [-0.4, -0.2) is 43.0 Å². The van der Waals surface area contributed by atoms with Crippen molar-refractivity contribution in [1.29, 1.82) is 0 Å². The van der Waals surface area contributed by atoms with E-state index >= 15 is 0 Å². The zero-order valence-electron chi connectivity index (χ0n) is 11.1. The number of hydrogen-bond acceptors (Lipinski definition) is 3. The molecular weight excluding hydrogens is 226 g/mol. The molecule has 1 unspecified atom stereocenters. The lowest BCUT2D eigenvalue weighted by Crippen LogP contribution is -2.54. The van der Waals surface area contributed by atoms with E-state index in [-0.39, 0.29) is 11.9 Å². The smallest absolute Gasteiger partial charge is 0.241 e. The van der Waals surface area contributed by atoms with Gasteiger partial charge in [0.05, 0.1) is 6.54 Å². The van der Waals surface area contributed by atoms with Crippen LogP contribution in [0, 0.1) is 6.92 Å². The molecule has 1 heterocycles. The summed E-state index contributed by atoms with van der Waals surface area (Å²) < 4.78 is 0. The first-order chi connectivity index (χ1) is 8.61. The number of anilines is 1. The van der Waals surface area contributed by atoms with Crippen molar-refractivity contribution in [3.05, 3.63) is 29.8 Å². The van der Waals surface area contributed by atoms with Crippen molar-refractivity contribution in [2.24, 2.45) is 5.73 Å². The standard InChI is InChI=1S/C14H21N3O/c1-11-4-3-5-13(8-11)17-7-6-16(10-14(17)18)12(2)9-15/h3-5,8,12H,6-7,9-10,15H2,1-2H3. The highest BCUT2D eigenvalue weighted by Crippen LogP contribution is 2.19. The molecule has 1 aromatic carbocycles. The average Bonchev–Trinajstić information content (AvgIpc) is 2.37. The van der Waals surface area contributed by atoms with Crippen LogP contribution in [0.4, 0.5) is 5.69 Å². The van der Waals surface area contributed by atoms with Crippen molar-refractivity contribution < 1.29 is 4.79 Å². The van der Waals surface area contributed by atoms with Crippen molar-refractivity contribution >= 4 is 11.6 Å². The number of hydrogen-bond donors (Lipinski definition) is 1. The molecule has 1 aliphatic heterocycles. The van der Waals surface area contributed by atoms with E-state index < -0.39 is 0 Å². The highest BCUT2D eigenvalue weighted by atomic mass is 16.2. The summed E-state index contributed by atoms with van der Waals surface area (Å²) in [6, 6.07) is 8.36. The molecule has 1 saturated heterocycles. The summed E-state index contributed by atoms with van der Waals surface area (Å²) in [7, 11) is 0. The van der Waals surface area contributed by atoms with Crippen LogP contribution in [0.2, 0.25) is 0 Å². The SMILES string of the molecule is Cc1cccc(N2CCN(C(C)CN)CC2=O)c1. The van der Waals surface area contributed by atoms with E-state index in [9.17, 15) is 4.79 Å². The zero-order valence-corrected chi connectivity index (χ0v) is 11.1. The number of rotatable bonds is 3. The van der Waals surface area contributed by atoms with E-state index in [1.54, 1.807) is 0 Å². The summed E-state index contributed by atoms with van der Waals surface area (Å²) in [6.45, 7) is 6.80. The predicted molar refractivity (Wildman–Crippen MR) is 73.6 cm³/mol. The minimum absolute atomic E-state index is 0.159. The molecule has 4 nitrogen and oxygen atoms in total. The number of nitrogens with two attached hydrogens (primary N) is 1. The second-order valence-electron chi connectivity index (χ2n) is 4.94. The highest BCUT2D eigenvalue weighted by Gasteiger charge is 2.27. The van der Waals surface area contributed by atoms with E-state index in [4.69, 9.17) is 5.73 Å². The van der Waals surface area contributed by atoms with Crippen LogP contribution >= 0.6 is 0 Å². The average molecular weight is 247 g/mol. The Labute approximate surface area is 108 Å². The summed E-state index contributed by atoms with van der Waals surface area (Å²) in [6.07, 6.45) is 0. The Kier molecular flexibility index (Phi) is 3.99. The molecule has 0 radical (unpaired) electrons. The molecule has 0 spiro atoms. The third-order valence-electron chi connectivity index (χ3n) is 3.53. The molecule has 0 aromatic heterocycles. The second kappa shape index (κ2) is 5.50. The minimum Gasteiger partial charge on any atom is -0.329 e. The quantitative estimate of drug-likeness (QED) is 0.866. The van der Waals surface area contributed by atoms with Crippen molar-refractivity contribution in [3.63, 3.8) is 0 Å². The molecule has 1 aromatic rings. The Morgan fingerprint density at radius 1 is 1.39 bits per heavy atom. The fourth-order valence-electron chi connectivity index (χ4n) is 2.29. The lowest BCUT2D eigenvalue weighted by molar-refractivity contribution is -0.121. The maximum atomic E-state index is 12.2. The van der Waals surface area contributed by atoms with Crippen molar-refractivity contribution in [1.82, 2.24) is 4.90 Å². The maximum Gasteiger partial charge on any atom is 0.241 e. The van der Waals surface area contributed by atoms with Crippen LogP contribution in [0.25, 0.3) is 0 Å². The summed E-state index contributed by atoms with van der Waals surface area (Å²) in [4.78, 5) is 16.2. The monoisotopic (exact) mass is 247 g/mol. The van der Waals surface area contributed by atoms with E-state index in [1.165, 1.54) is 5.56 Å². The van der Waals surface area contributed by atoms with E-state index in [2.05, 4.69) is 17.9 Å². The Bertz CT molecular complexity index is 433. The molecule has 0 aliphatic carbocycles. The van der Waals surface area contributed by atoms with Gasteiger partial charge in [0.2, 0.25) is 5.91 Å². The van der Waals surface area contributed by atoms with Gasteiger partial charge in [-0.05, 0) is 31.5 Å². The molecule has 0 bridgehead atoms. The van der Waals surface area contributed by atoms with Gasteiger partial charge in [-0.25, -0.2) is 0 Å². The fourth-order valence-corrected chi connectivity index (χ4v) is 2.29. The van der Waals surface area contributed by atoms with Gasteiger partial charge in [-0.1, -0.05) is 12.1 Å². The van der Waals surface area contributed by atoms with Gasteiger partial charge < -0.3 is 10.6 Å². The molecule has 2 rings (SSSR count). The van der Waals surface area contributed by atoms with Gasteiger partial charge >= 0.3 is 0 Å².